The quantitative estimate of drug-likeness (QED) is 0.872. The van der Waals surface area contributed by atoms with Crippen LogP contribution >= 0.6 is 0 Å². The van der Waals surface area contributed by atoms with Crippen LogP contribution in [0.15, 0.2) is 24.3 Å². The van der Waals surface area contributed by atoms with Gasteiger partial charge in [0.1, 0.15) is 0 Å². The number of nitrogens with two attached hydrogens (primary N) is 1. The maximum Gasteiger partial charge on any atom is 0.304 e. The Labute approximate surface area is 127 Å². The van der Waals surface area contributed by atoms with Crippen molar-refractivity contribution in [3.63, 3.8) is 0 Å². The minimum absolute atomic E-state index is 0.429. The lowest BCUT2D eigenvalue weighted by Crippen LogP contribution is -2.46. The Kier molecular flexibility index (Phi) is 5.61. The molecule has 1 aliphatic rings. The van der Waals surface area contributed by atoms with Crippen LogP contribution < -0.4 is 10.0 Å². The highest BCUT2D eigenvalue weighted by molar-refractivity contribution is 7.90. The molecule has 1 aromatic rings. The molecule has 2 rings (SSSR count). The maximum absolute atomic E-state index is 12.9. The molecule has 5 nitrogen and oxygen atoms in total. The van der Waals surface area contributed by atoms with Gasteiger partial charge in [0.15, 0.2) is 0 Å². The van der Waals surface area contributed by atoms with Crippen LogP contribution in [0.25, 0.3) is 0 Å². The second-order valence-electron chi connectivity index (χ2n) is 5.52. The van der Waals surface area contributed by atoms with Gasteiger partial charge in [-0.25, -0.2) is 0 Å². The third-order valence-electron chi connectivity index (χ3n) is 3.81. The summed E-state index contributed by atoms with van der Waals surface area (Å²) < 4.78 is 28.9. The SMILES string of the molecule is Cc1ccc(N(CCCN)S(=O)(=O)N2CCCCC2)cc1. The van der Waals surface area contributed by atoms with Gasteiger partial charge in [-0.15, -0.1) is 0 Å². The van der Waals surface area contributed by atoms with E-state index in [4.69, 9.17) is 5.73 Å². The summed E-state index contributed by atoms with van der Waals surface area (Å²) in [5, 5.41) is 0. The highest BCUT2D eigenvalue weighted by Gasteiger charge is 2.30. The number of rotatable bonds is 6. The second kappa shape index (κ2) is 7.24. The Morgan fingerprint density at radius 3 is 2.33 bits per heavy atom. The Hall–Kier alpha value is -1.11. The Morgan fingerprint density at radius 1 is 1.14 bits per heavy atom. The molecule has 1 aliphatic heterocycles. The van der Waals surface area contributed by atoms with E-state index in [1.54, 1.807) is 4.31 Å². The fourth-order valence-corrected chi connectivity index (χ4v) is 4.30. The van der Waals surface area contributed by atoms with Crippen molar-refractivity contribution in [2.75, 3.05) is 30.5 Å². The second-order valence-corrected chi connectivity index (χ2v) is 7.37. The van der Waals surface area contributed by atoms with Crippen LogP contribution in [0.1, 0.15) is 31.2 Å². The van der Waals surface area contributed by atoms with E-state index in [0.717, 1.165) is 30.5 Å². The first kappa shape index (κ1) is 16.3. The minimum Gasteiger partial charge on any atom is -0.330 e. The molecule has 0 unspecified atom stereocenters. The molecular formula is C15H25N3O2S. The van der Waals surface area contributed by atoms with E-state index in [0.29, 0.717) is 32.6 Å². The molecule has 1 aromatic carbocycles. The van der Waals surface area contributed by atoms with Gasteiger partial charge in [-0.3, -0.25) is 4.31 Å². The molecule has 6 heteroatoms. The summed E-state index contributed by atoms with van der Waals surface area (Å²) in [5.41, 5.74) is 7.41. The molecule has 1 fully saturated rings. The molecular weight excluding hydrogens is 286 g/mol. The van der Waals surface area contributed by atoms with Crippen LogP contribution in [0.4, 0.5) is 5.69 Å². The number of piperidine rings is 1. The first-order chi connectivity index (χ1) is 10.1. The molecule has 0 spiro atoms. The molecule has 0 aromatic heterocycles. The summed E-state index contributed by atoms with van der Waals surface area (Å²) in [4.78, 5) is 0. The van der Waals surface area contributed by atoms with Crippen LogP contribution in [-0.4, -0.2) is 38.9 Å². The van der Waals surface area contributed by atoms with Gasteiger partial charge in [-0.2, -0.15) is 12.7 Å². The molecule has 1 heterocycles. The third kappa shape index (κ3) is 3.96. The number of benzene rings is 1. The van der Waals surface area contributed by atoms with Gasteiger partial charge in [0.25, 0.3) is 0 Å². The largest absolute Gasteiger partial charge is 0.330 e. The number of nitrogens with zero attached hydrogens (tertiary/aromatic N) is 2. The van der Waals surface area contributed by atoms with Crippen molar-refractivity contribution in [1.82, 2.24) is 4.31 Å². The number of hydrogen-bond donors (Lipinski definition) is 1. The highest BCUT2D eigenvalue weighted by atomic mass is 32.2. The molecule has 0 saturated carbocycles. The molecule has 0 atom stereocenters. The highest BCUT2D eigenvalue weighted by Crippen LogP contribution is 2.23. The summed E-state index contributed by atoms with van der Waals surface area (Å²) in [6.45, 7) is 4.14. The van der Waals surface area contributed by atoms with Crippen LogP contribution in [0.2, 0.25) is 0 Å². The smallest absolute Gasteiger partial charge is 0.304 e. The molecule has 2 N–H and O–H groups in total. The van der Waals surface area contributed by atoms with Gasteiger partial charge in [0.05, 0.1) is 5.69 Å². The molecule has 0 amide bonds. The Balaban J connectivity index is 2.27. The maximum atomic E-state index is 12.9. The molecule has 21 heavy (non-hydrogen) atoms. The van der Waals surface area contributed by atoms with Crippen molar-refractivity contribution in [1.29, 1.82) is 0 Å². The third-order valence-corrected chi connectivity index (χ3v) is 5.78. The van der Waals surface area contributed by atoms with E-state index >= 15 is 0 Å². The van der Waals surface area contributed by atoms with Crippen LogP contribution in [0.3, 0.4) is 0 Å². The van der Waals surface area contributed by atoms with Crippen LogP contribution in [-0.2, 0) is 10.2 Å². The van der Waals surface area contributed by atoms with Gasteiger partial charge < -0.3 is 5.73 Å². The average Bonchev–Trinajstić information content (AvgIpc) is 2.50. The first-order valence-corrected chi connectivity index (χ1v) is 9.00. The van der Waals surface area contributed by atoms with E-state index in [9.17, 15) is 8.42 Å². The van der Waals surface area contributed by atoms with Gasteiger partial charge in [-0.1, -0.05) is 24.1 Å². The molecule has 0 bridgehead atoms. The molecule has 0 radical (unpaired) electrons. The fourth-order valence-electron chi connectivity index (χ4n) is 2.56. The van der Waals surface area contributed by atoms with E-state index < -0.39 is 10.2 Å². The number of aryl methyl sites for hydroxylation is 1. The van der Waals surface area contributed by atoms with Gasteiger partial charge in [0, 0.05) is 19.6 Å². The van der Waals surface area contributed by atoms with E-state index in [1.165, 1.54) is 4.31 Å². The Morgan fingerprint density at radius 2 is 1.76 bits per heavy atom. The minimum atomic E-state index is -3.45. The standard InChI is InChI=1S/C15H25N3O2S/c1-14-6-8-15(9-7-14)18(13-5-10-16)21(19,20)17-11-3-2-4-12-17/h6-9H,2-5,10-13,16H2,1H3. The van der Waals surface area contributed by atoms with E-state index in [2.05, 4.69) is 0 Å². The lowest BCUT2D eigenvalue weighted by Gasteiger charge is -2.33. The summed E-state index contributed by atoms with van der Waals surface area (Å²) in [5.74, 6) is 0. The van der Waals surface area contributed by atoms with E-state index in [-0.39, 0.29) is 0 Å². The van der Waals surface area contributed by atoms with Crippen molar-refractivity contribution in [3.05, 3.63) is 29.8 Å². The molecule has 118 valence electrons. The van der Waals surface area contributed by atoms with Crippen LogP contribution in [0.5, 0.6) is 0 Å². The number of hydrogen-bond acceptors (Lipinski definition) is 3. The van der Waals surface area contributed by atoms with Crippen LogP contribution in [0, 0.1) is 6.92 Å². The molecule has 1 saturated heterocycles. The van der Waals surface area contributed by atoms with Crippen molar-refractivity contribution in [2.45, 2.75) is 32.6 Å². The molecule has 0 aliphatic carbocycles. The van der Waals surface area contributed by atoms with Gasteiger partial charge in [0.2, 0.25) is 0 Å². The van der Waals surface area contributed by atoms with Gasteiger partial charge in [-0.05, 0) is 44.9 Å². The first-order valence-electron chi connectivity index (χ1n) is 7.60. The predicted molar refractivity (Wildman–Crippen MR) is 86.5 cm³/mol. The summed E-state index contributed by atoms with van der Waals surface area (Å²) in [6, 6.07) is 7.62. The Bertz CT molecular complexity index is 537. The average molecular weight is 311 g/mol. The predicted octanol–water partition coefficient (Wildman–Crippen LogP) is 1.88. The number of anilines is 1. The normalized spacial score (nSPS) is 16.9. The van der Waals surface area contributed by atoms with Crippen molar-refractivity contribution >= 4 is 15.9 Å². The van der Waals surface area contributed by atoms with E-state index in [1.807, 2.05) is 31.2 Å². The van der Waals surface area contributed by atoms with Gasteiger partial charge >= 0.3 is 10.2 Å². The monoisotopic (exact) mass is 311 g/mol. The zero-order valence-corrected chi connectivity index (χ0v) is 13.5. The lowest BCUT2D eigenvalue weighted by molar-refractivity contribution is 0.345. The van der Waals surface area contributed by atoms with Crippen molar-refractivity contribution in [2.24, 2.45) is 5.73 Å². The van der Waals surface area contributed by atoms with Crippen molar-refractivity contribution < 1.29 is 8.42 Å². The summed E-state index contributed by atoms with van der Waals surface area (Å²) in [7, 11) is -3.45. The lowest BCUT2D eigenvalue weighted by atomic mass is 10.2. The summed E-state index contributed by atoms with van der Waals surface area (Å²) in [6.07, 6.45) is 3.65. The fraction of sp³-hybridized carbons (Fsp3) is 0.600. The topological polar surface area (TPSA) is 66.6 Å². The summed E-state index contributed by atoms with van der Waals surface area (Å²) >= 11 is 0. The van der Waals surface area contributed by atoms with Crippen molar-refractivity contribution in [3.8, 4) is 0 Å². The zero-order valence-electron chi connectivity index (χ0n) is 12.7. The zero-order chi connectivity index (χ0) is 15.3.